The molecule has 2 N–H and O–H groups in total. The van der Waals surface area contributed by atoms with Crippen LogP contribution in [0.2, 0.25) is 0 Å². The van der Waals surface area contributed by atoms with Gasteiger partial charge in [0.05, 0.1) is 5.56 Å². The number of aromatic amines is 1. The quantitative estimate of drug-likeness (QED) is 0.779. The minimum Gasteiger partial charge on any atom is -0.493 e. The van der Waals surface area contributed by atoms with E-state index in [-0.39, 0.29) is 17.0 Å². The number of nitrogens with one attached hydrogen (secondary N) is 1. The number of anilines is 2. The van der Waals surface area contributed by atoms with Crippen LogP contribution in [0.4, 0.5) is 11.6 Å². The van der Waals surface area contributed by atoms with Crippen LogP contribution in [0, 0.1) is 0 Å². The standard InChI is InChI=1S/C19H17N3O2/c23-17-15(12-13-6-2-1-3-7-13)18(24)21-19(20-17)22-11-10-14-8-4-5-9-16(14)22/h1-9H,10-12H2,(H2,20,21,23,24). The van der Waals surface area contributed by atoms with Gasteiger partial charge in [-0.05, 0) is 23.6 Å². The summed E-state index contributed by atoms with van der Waals surface area (Å²) in [5.74, 6) is 0.182. The molecule has 0 spiro atoms. The molecular formula is C19H17N3O2. The van der Waals surface area contributed by atoms with E-state index >= 15 is 0 Å². The molecule has 1 aliphatic heterocycles. The fourth-order valence-electron chi connectivity index (χ4n) is 3.12. The third kappa shape index (κ3) is 2.54. The zero-order valence-corrected chi connectivity index (χ0v) is 13.1. The van der Waals surface area contributed by atoms with E-state index in [4.69, 9.17) is 0 Å². The second kappa shape index (κ2) is 5.85. The molecule has 3 aromatic rings. The van der Waals surface area contributed by atoms with Crippen molar-refractivity contribution in [2.24, 2.45) is 0 Å². The van der Waals surface area contributed by atoms with Crippen LogP contribution in [0.15, 0.2) is 59.4 Å². The minimum absolute atomic E-state index is 0.206. The third-order valence-electron chi connectivity index (χ3n) is 4.35. The third-order valence-corrected chi connectivity index (χ3v) is 4.35. The molecule has 0 saturated heterocycles. The van der Waals surface area contributed by atoms with Crippen molar-refractivity contribution in [2.75, 3.05) is 11.4 Å². The highest BCUT2D eigenvalue weighted by Crippen LogP contribution is 2.32. The Labute approximate surface area is 139 Å². The summed E-state index contributed by atoms with van der Waals surface area (Å²) in [6.45, 7) is 0.736. The summed E-state index contributed by atoms with van der Waals surface area (Å²) < 4.78 is 0. The summed E-state index contributed by atoms with van der Waals surface area (Å²) >= 11 is 0. The first-order valence-electron chi connectivity index (χ1n) is 7.94. The van der Waals surface area contributed by atoms with Gasteiger partial charge in [-0.2, -0.15) is 4.98 Å². The SMILES string of the molecule is O=c1[nH]c(N2CCc3ccccc32)nc(O)c1Cc1ccccc1. The van der Waals surface area contributed by atoms with Gasteiger partial charge in [0, 0.05) is 18.7 Å². The van der Waals surface area contributed by atoms with Gasteiger partial charge in [-0.25, -0.2) is 0 Å². The molecule has 0 unspecified atom stereocenters. The molecule has 0 saturated carbocycles. The Morgan fingerprint density at radius 3 is 2.62 bits per heavy atom. The molecule has 0 aliphatic carbocycles. The summed E-state index contributed by atoms with van der Waals surface area (Å²) in [5.41, 5.74) is 3.19. The molecule has 1 aliphatic rings. The number of para-hydroxylation sites is 1. The second-order valence-electron chi connectivity index (χ2n) is 5.88. The van der Waals surface area contributed by atoms with Crippen molar-refractivity contribution in [3.8, 4) is 5.88 Å². The molecule has 2 aromatic carbocycles. The average molecular weight is 319 g/mol. The largest absolute Gasteiger partial charge is 0.493 e. The molecule has 0 fully saturated rings. The second-order valence-corrected chi connectivity index (χ2v) is 5.88. The summed E-state index contributed by atoms with van der Waals surface area (Å²) in [5, 5.41) is 10.3. The van der Waals surface area contributed by atoms with Crippen LogP contribution in [0.3, 0.4) is 0 Å². The molecule has 0 amide bonds. The lowest BCUT2D eigenvalue weighted by Gasteiger charge is -2.18. The zero-order chi connectivity index (χ0) is 16.5. The fraction of sp³-hybridized carbons (Fsp3) is 0.158. The minimum atomic E-state index is -0.300. The van der Waals surface area contributed by atoms with E-state index in [9.17, 15) is 9.90 Å². The van der Waals surface area contributed by atoms with E-state index in [1.165, 1.54) is 5.56 Å². The summed E-state index contributed by atoms with van der Waals surface area (Å²) in [6.07, 6.45) is 1.25. The molecule has 5 nitrogen and oxygen atoms in total. The van der Waals surface area contributed by atoms with Crippen molar-refractivity contribution in [3.63, 3.8) is 0 Å². The van der Waals surface area contributed by atoms with E-state index < -0.39 is 0 Å². The van der Waals surface area contributed by atoms with E-state index in [0.717, 1.165) is 24.2 Å². The predicted octanol–water partition coefficient (Wildman–Crippen LogP) is 2.76. The Balaban J connectivity index is 1.70. The van der Waals surface area contributed by atoms with Gasteiger partial charge < -0.3 is 10.0 Å². The molecular weight excluding hydrogens is 302 g/mol. The number of aromatic nitrogens is 2. The summed E-state index contributed by atoms with van der Waals surface area (Å²) in [4.78, 5) is 21.4. The Bertz CT molecular complexity index is 935. The molecule has 0 radical (unpaired) electrons. The van der Waals surface area contributed by atoms with Crippen LogP contribution in [-0.4, -0.2) is 21.6 Å². The van der Waals surface area contributed by atoms with Crippen LogP contribution in [0.5, 0.6) is 5.88 Å². The highest BCUT2D eigenvalue weighted by Gasteiger charge is 2.23. The monoisotopic (exact) mass is 319 g/mol. The lowest BCUT2D eigenvalue weighted by molar-refractivity contribution is 0.444. The van der Waals surface area contributed by atoms with Crippen molar-refractivity contribution in [3.05, 3.63) is 81.6 Å². The smallest absolute Gasteiger partial charge is 0.259 e. The molecule has 0 bridgehead atoms. The Morgan fingerprint density at radius 2 is 1.83 bits per heavy atom. The summed E-state index contributed by atoms with van der Waals surface area (Å²) in [7, 11) is 0. The van der Waals surface area contributed by atoms with Gasteiger partial charge in [-0.15, -0.1) is 0 Å². The van der Waals surface area contributed by atoms with Crippen LogP contribution in [-0.2, 0) is 12.8 Å². The van der Waals surface area contributed by atoms with Crippen molar-refractivity contribution < 1.29 is 5.11 Å². The van der Waals surface area contributed by atoms with Crippen LogP contribution in [0.25, 0.3) is 0 Å². The molecule has 120 valence electrons. The lowest BCUT2D eigenvalue weighted by atomic mass is 10.1. The van der Waals surface area contributed by atoms with Gasteiger partial charge in [-0.1, -0.05) is 48.5 Å². The number of rotatable bonds is 3. The molecule has 2 heterocycles. The number of aromatic hydroxyl groups is 1. The van der Waals surface area contributed by atoms with Gasteiger partial charge >= 0.3 is 0 Å². The number of nitrogens with zero attached hydrogens (tertiary/aromatic N) is 2. The van der Waals surface area contributed by atoms with Crippen molar-refractivity contribution in [1.82, 2.24) is 9.97 Å². The van der Waals surface area contributed by atoms with Crippen LogP contribution >= 0.6 is 0 Å². The van der Waals surface area contributed by atoms with E-state index in [1.54, 1.807) is 0 Å². The maximum atomic E-state index is 12.5. The predicted molar refractivity (Wildman–Crippen MR) is 92.9 cm³/mol. The van der Waals surface area contributed by atoms with E-state index in [2.05, 4.69) is 16.0 Å². The van der Waals surface area contributed by atoms with Crippen LogP contribution in [0.1, 0.15) is 16.7 Å². The highest BCUT2D eigenvalue weighted by atomic mass is 16.3. The maximum Gasteiger partial charge on any atom is 0.259 e. The molecule has 24 heavy (non-hydrogen) atoms. The highest BCUT2D eigenvalue weighted by molar-refractivity contribution is 5.65. The Hall–Kier alpha value is -3.08. The van der Waals surface area contributed by atoms with Gasteiger partial charge in [0.15, 0.2) is 0 Å². The molecule has 4 rings (SSSR count). The topological polar surface area (TPSA) is 69.2 Å². The average Bonchev–Trinajstić information content (AvgIpc) is 3.03. The number of fused-ring (bicyclic) bond motifs is 1. The van der Waals surface area contributed by atoms with Gasteiger partial charge in [0.1, 0.15) is 0 Å². The number of benzene rings is 2. The lowest BCUT2D eigenvalue weighted by Crippen LogP contribution is -2.23. The van der Waals surface area contributed by atoms with Crippen LogP contribution < -0.4 is 10.5 Å². The number of hydrogen-bond donors (Lipinski definition) is 2. The summed E-state index contributed by atoms with van der Waals surface area (Å²) in [6, 6.07) is 17.6. The molecule has 5 heteroatoms. The first-order valence-corrected chi connectivity index (χ1v) is 7.94. The van der Waals surface area contributed by atoms with E-state index in [1.807, 2.05) is 53.4 Å². The van der Waals surface area contributed by atoms with Crippen molar-refractivity contribution >= 4 is 11.6 Å². The zero-order valence-electron chi connectivity index (χ0n) is 13.1. The Kier molecular flexibility index (Phi) is 3.54. The fourth-order valence-corrected chi connectivity index (χ4v) is 3.12. The van der Waals surface area contributed by atoms with E-state index in [0.29, 0.717) is 12.4 Å². The van der Waals surface area contributed by atoms with Gasteiger partial charge in [0.2, 0.25) is 11.8 Å². The van der Waals surface area contributed by atoms with Crippen molar-refractivity contribution in [2.45, 2.75) is 12.8 Å². The normalized spacial score (nSPS) is 13.1. The number of hydrogen-bond acceptors (Lipinski definition) is 4. The molecule has 1 aromatic heterocycles. The van der Waals surface area contributed by atoms with Gasteiger partial charge in [-0.3, -0.25) is 9.78 Å². The molecule has 0 atom stereocenters. The number of H-pyrrole nitrogens is 1. The van der Waals surface area contributed by atoms with Crippen molar-refractivity contribution in [1.29, 1.82) is 0 Å². The first kappa shape index (κ1) is 14.5. The van der Waals surface area contributed by atoms with Gasteiger partial charge in [0.25, 0.3) is 5.56 Å². The maximum absolute atomic E-state index is 12.5. The first-order chi connectivity index (χ1) is 11.7. The Morgan fingerprint density at radius 1 is 1.08 bits per heavy atom.